The molecule has 0 saturated carbocycles. The van der Waals surface area contributed by atoms with Crippen molar-refractivity contribution in [2.24, 2.45) is 4.99 Å². The molecule has 2 unspecified atom stereocenters. The third-order valence-electron chi connectivity index (χ3n) is 4.06. The van der Waals surface area contributed by atoms with Crippen LogP contribution in [-0.2, 0) is 14.8 Å². The molecular formula is C16H21N3O3S. The highest BCUT2D eigenvalue weighted by molar-refractivity contribution is 7.89. The van der Waals surface area contributed by atoms with E-state index in [2.05, 4.69) is 4.99 Å². The van der Waals surface area contributed by atoms with E-state index in [4.69, 9.17) is 10.5 Å². The zero-order chi connectivity index (χ0) is 16.3. The smallest absolute Gasteiger partial charge is 0.243 e. The van der Waals surface area contributed by atoms with Crippen LogP contribution in [0, 0.1) is 0 Å². The van der Waals surface area contributed by atoms with Crippen LogP contribution in [0.2, 0.25) is 0 Å². The van der Waals surface area contributed by atoms with E-state index < -0.39 is 10.0 Å². The van der Waals surface area contributed by atoms with Gasteiger partial charge >= 0.3 is 0 Å². The lowest BCUT2D eigenvalue weighted by Crippen LogP contribution is -2.44. The number of nitrogens with zero attached hydrogens (tertiary/aromatic N) is 2. The van der Waals surface area contributed by atoms with Gasteiger partial charge in [0.05, 0.1) is 17.1 Å². The number of benzene rings is 1. The van der Waals surface area contributed by atoms with Gasteiger partial charge in [0.15, 0.2) is 0 Å². The summed E-state index contributed by atoms with van der Waals surface area (Å²) in [5, 5.41) is 0. The number of hydrogen-bond donors (Lipinski definition) is 1. The Morgan fingerprint density at radius 2 is 2.04 bits per heavy atom. The van der Waals surface area contributed by atoms with Crippen molar-refractivity contribution in [1.29, 1.82) is 0 Å². The molecule has 2 heterocycles. The summed E-state index contributed by atoms with van der Waals surface area (Å²) in [6.45, 7) is 0.905. The minimum Gasteiger partial charge on any atom is -0.399 e. The molecule has 6 nitrogen and oxygen atoms in total. The maximum Gasteiger partial charge on any atom is 0.243 e. The van der Waals surface area contributed by atoms with Gasteiger partial charge < -0.3 is 10.5 Å². The highest BCUT2D eigenvalue weighted by Gasteiger charge is 2.31. The molecule has 2 atom stereocenters. The van der Waals surface area contributed by atoms with Crippen molar-refractivity contribution >= 4 is 21.9 Å². The fraction of sp³-hybridized carbons (Fsp3) is 0.438. The molecular weight excluding hydrogens is 314 g/mol. The number of rotatable bonds is 4. The molecule has 2 aliphatic rings. The predicted molar refractivity (Wildman–Crippen MR) is 89.8 cm³/mol. The number of sulfonamides is 1. The molecule has 0 bridgehead atoms. The molecule has 0 spiro atoms. The van der Waals surface area contributed by atoms with Crippen LogP contribution in [0.5, 0.6) is 0 Å². The third kappa shape index (κ3) is 3.80. The van der Waals surface area contributed by atoms with Crippen LogP contribution in [0.15, 0.2) is 46.4 Å². The summed E-state index contributed by atoms with van der Waals surface area (Å²) >= 11 is 0. The highest BCUT2D eigenvalue weighted by atomic mass is 32.2. The second-order valence-electron chi connectivity index (χ2n) is 5.78. The Morgan fingerprint density at radius 1 is 1.26 bits per heavy atom. The van der Waals surface area contributed by atoms with E-state index in [1.54, 1.807) is 30.5 Å². The van der Waals surface area contributed by atoms with Crippen LogP contribution < -0.4 is 5.73 Å². The largest absolute Gasteiger partial charge is 0.399 e. The SMILES string of the molecule is Nc1ccc(S(=O)(=O)N2CCCC(OC3C=CN=CC3)C2)cc1. The van der Waals surface area contributed by atoms with Gasteiger partial charge in [-0.2, -0.15) is 4.31 Å². The number of anilines is 1. The van der Waals surface area contributed by atoms with Crippen LogP contribution in [0.1, 0.15) is 19.3 Å². The molecule has 2 aliphatic heterocycles. The summed E-state index contributed by atoms with van der Waals surface area (Å²) in [5.74, 6) is 0. The Labute approximate surface area is 136 Å². The normalized spacial score (nSPS) is 25.6. The van der Waals surface area contributed by atoms with Crippen molar-refractivity contribution in [3.05, 3.63) is 36.5 Å². The third-order valence-corrected chi connectivity index (χ3v) is 5.94. The van der Waals surface area contributed by atoms with E-state index in [0.717, 1.165) is 19.3 Å². The summed E-state index contributed by atoms with van der Waals surface area (Å²) in [7, 11) is -3.50. The van der Waals surface area contributed by atoms with E-state index in [0.29, 0.717) is 18.8 Å². The zero-order valence-electron chi connectivity index (χ0n) is 12.8. The van der Waals surface area contributed by atoms with Crippen molar-refractivity contribution in [2.45, 2.75) is 36.4 Å². The molecule has 1 aromatic carbocycles. The molecule has 1 fully saturated rings. The minimum absolute atomic E-state index is 0.0170. The molecule has 0 aliphatic carbocycles. The molecule has 124 valence electrons. The van der Waals surface area contributed by atoms with Crippen LogP contribution >= 0.6 is 0 Å². The minimum atomic E-state index is -3.50. The fourth-order valence-corrected chi connectivity index (χ4v) is 4.33. The Hall–Kier alpha value is -1.70. The van der Waals surface area contributed by atoms with Gasteiger partial charge in [0.2, 0.25) is 10.0 Å². The zero-order valence-corrected chi connectivity index (χ0v) is 13.7. The van der Waals surface area contributed by atoms with Gasteiger partial charge in [-0.25, -0.2) is 8.42 Å². The second kappa shape index (κ2) is 6.82. The highest BCUT2D eigenvalue weighted by Crippen LogP contribution is 2.24. The van der Waals surface area contributed by atoms with Gasteiger partial charge in [-0.1, -0.05) is 0 Å². The molecule has 2 N–H and O–H groups in total. The van der Waals surface area contributed by atoms with Crippen molar-refractivity contribution in [2.75, 3.05) is 18.8 Å². The molecule has 0 aromatic heterocycles. The van der Waals surface area contributed by atoms with Gasteiger partial charge in [0, 0.05) is 37.6 Å². The Morgan fingerprint density at radius 3 is 2.74 bits per heavy atom. The summed E-state index contributed by atoms with van der Waals surface area (Å²) in [5.41, 5.74) is 6.18. The quantitative estimate of drug-likeness (QED) is 0.850. The van der Waals surface area contributed by atoms with E-state index >= 15 is 0 Å². The maximum atomic E-state index is 12.7. The lowest BCUT2D eigenvalue weighted by atomic mass is 10.1. The lowest BCUT2D eigenvalue weighted by molar-refractivity contribution is -0.0110. The summed E-state index contributed by atoms with van der Waals surface area (Å²) in [6, 6.07) is 6.32. The summed E-state index contributed by atoms with van der Waals surface area (Å²) < 4.78 is 33.0. The number of hydrogen-bond acceptors (Lipinski definition) is 5. The molecule has 1 saturated heterocycles. The topological polar surface area (TPSA) is 85.0 Å². The van der Waals surface area contributed by atoms with Crippen LogP contribution in [0.25, 0.3) is 0 Å². The molecule has 7 heteroatoms. The van der Waals surface area contributed by atoms with E-state index in [9.17, 15) is 8.42 Å². The van der Waals surface area contributed by atoms with Gasteiger partial charge in [-0.15, -0.1) is 0 Å². The predicted octanol–water partition coefficient (Wildman–Crippen LogP) is 1.80. The average molecular weight is 335 g/mol. The van der Waals surface area contributed by atoms with E-state index in [1.807, 2.05) is 12.3 Å². The lowest BCUT2D eigenvalue weighted by Gasteiger charge is -2.33. The van der Waals surface area contributed by atoms with Crippen molar-refractivity contribution < 1.29 is 13.2 Å². The first-order valence-corrected chi connectivity index (χ1v) is 9.19. The number of nitrogens with two attached hydrogens (primary N) is 1. The number of piperidine rings is 1. The van der Waals surface area contributed by atoms with Crippen LogP contribution in [0.3, 0.4) is 0 Å². The molecule has 0 radical (unpaired) electrons. The van der Waals surface area contributed by atoms with Gasteiger partial charge in [0.25, 0.3) is 0 Å². The standard InChI is InChI=1S/C16H21N3O3S/c17-13-3-5-16(6-4-13)23(20,21)19-11-1-2-15(12-19)22-14-7-9-18-10-8-14/h3-7,9-10,14-15H,1-2,8,11-12,17H2. The fourth-order valence-electron chi connectivity index (χ4n) is 2.82. The molecule has 3 rings (SSSR count). The average Bonchev–Trinajstić information content (AvgIpc) is 2.56. The first-order valence-electron chi connectivity index (χ1n) is 7.75. The molecule has 1 aromatic rings. The molecule has 0 amide bonds. The summed E-state index contributed by atoms with van der Waals surface area (Å²) in [4.78, 5) is 4.29. The Balaban J connectivity index is 1.68. The van der Waals surface area contributed by atoms with Crippen LogP contribution in [-0.4, -0.2) is 44.2 Å². The van der Waals surface area contributed by atoms with Crippen molar-refractivity contribution in [3.63, 3.8) is 0 Å². The maximum absolute atomic E-state index is 12.7. The monoisotopic (exact) mass is 335 g/mol. The Bertz CT molecular complexity index is 698. The van der Waals surface area contributed by atoms with E-state index in [-0.39, 0.29) is 17.1 Å². The van der Waals surface area contributed by atoms with Crippen LogP contribution in [0.4, 0.5) is 5.69 Å². The number of aliphatic imine (C=N–C) groups is 1. The van der Waals surface area contributed by atoms with E-state index in [1.165, 1.54) is 4.31 Å². The Kier molecular flexibility index (Phi) is 4.79. The van der Waals surface area contributed by atoms with Crippen molar-refractivity contribution in [3.8, 4) is 0 Å². The van der Waals surface area contributed by atoms with Gasteiger partial charge in [0.1, 0.15) is 0 Å². The van der Waals surface area contributed by atoms with Gasteiger partial charge in [-0.3, -0.25) is 4.99 Å². The number of nitrogen functional groups attached to an aromatic ring is 1. The first kappa shape index (κ1) is 16.2. The molecule has 23 heavy (non-hydrogen) atoms. The van der Waals surface area contributed by atoms with Gasteiger partial charge in [-0.05, 0) is 43.2 Å². The second-order valence-corrected chi connectivity index (χ2v) is 7.72. The number of ether oxygens (including phenoxy) is 1. The van der Waals surface area contributed by atoms with Crippen molar-refractivity contribution in [1.82, 2.24) is 4.31 Å². The summed E-state index contributed by atoms with van der Waals surface area (Å²) in [6.07, 6.45) is 7.74. The first-order chi connectivity index (χ1) is 11.1.